The van der Waals surface area contributed by atoms with Gasteiger partial charge in [-0.1, -0.05) is 47.5 Å². The number of ketones is 1. The van der Waals surface area contributed by atoms with Crippen LogP contribution in [-0.2, 0) is 11.3 Å². The van der Waals surface area contributed by atoms with E-state index in [1.54, 1.807) is 0 Å². The normalized spacial score (nSPS) is 10.6. The van der Waals surface area contributed by atoms with Crippen LogP contribution in [0.25, 0.3) is 0 Å². The molecule has 0 saturated carbocycles. The molecule has 0 aromatic heterocycles. The average molecular weight is 289 g/mol. The highest BCUT2D eigenvalue weighted by atomic mass is 35.5. The van der Waals surface area contributed by atoms with Crippen molar-refractivity contribution in [1.29, 1.82) is 0 Å². The number of hydrogen-bond acceptors (Lipinski definition) is 2. The second-order valence-corrected chi connectivity index (χ2v) is 5.23. The van der Waals surface area contributed by atoms with Crippen LogP contribution in [0.3, 0.4) is 0 Å². The van der Waals surface area contributed by atoms with Gasteiger partial charge in [-0.25, -0.2) is 0 Å². The van der Waals surface area contributed by atoms with Crippen molar-refractivity contribution in [3.63, 3.8) is 0 Å². The lowest BCUT2D eigenvalue weighted by Crippen LogP contribution is -2.11. The number of halogens is 1. The summed E-state index contributed by atoms with van der Waals surface area (Å²) in [5, 5.41) is 0.659. The van der Waals surface area contributed by atoms with E-state index in [2.05, 4.69) is 0 Å². The monoisotopic (exact) mass is 288 g/mol. The highest BCUT2D eigenvalue weighted by Crippen LogP contribution is 2.16. The lowest BCUT2D eigenvalue weighted by Gasteiger charge is -2.08. The average Bonchev–Trinajstić information content (AvgIpc) is 2.43. The minimum Gasteiger partial charge on any atom is -0.369 e. The van der Waals surface area contributed by atoms with E-state index >= 15 is 0 Å². The van der Waals surface area contributed by atoms with E-state index in [1.807, 2.05) is 56.3 Å². The maximum atomic E-state index is 12.1. The molecule has 2 nitrogen and oxygen atoms in total. The standard InChI is InChI=1S/C17H17ClO2/c1-12-7-8-13(2)15(9-12)17(19)11-20-10-14-5-3-4-6-16(14)18/h3-9H,10-11H2,1-2H3. The molecule has 0 aliphatic rings. The summed E-state index contributed by atoms with van der Waals surface area (Å²) in [4.78, 5) is 12.1. The van der Waals surface area contributed by atoms with Crippen molar-refractivity contribution in [3.8, 4) is 0 Å². The van der Waals surface area contributed by atoms with Gasteiger partial charge in [0.05, 0.1) is 6.61 Å². The van der Waals surface area contributed by atoms with E-state index in [1.165, 1.54) is 0 Å². The van der Waals surface area contributed by atoms with Crippen LogP contribution in [-0.4, -0.2) is 12.4 Å². The first kappa shape index (κ1) is 14.8. The Morgan fingerprint density at radius 1 is 1.15 bits per heavy atom. The molecule has 0 fully saturated rings. The summed E-state index contributed by atoms with van der Waals surface area (Å²) >= 11 is 6.04. The van der Waals surface area contributed by atoms with Gasteiger partial charge in [-0.05, 0) is 37.1 Å². The molecule has 0 N–H and O–H groups in total. The molecule has 0 bridgehead atoms. The fourth-order valence-electron chi connectivity index (χ4n) is 1.98. The van der Waals surface area contributed by atoms with E-state index < -0.39 is 0 Å². The maximum Gasteiger partial charge on any atom is 0.188 e. The molecule has 0 atom stereocenters. The summed E-state index contributed by atoms with van der Waals surface area (Å²) in [5.74, 6) is -0.00162. The predicted octanol–water partition coefficient (Wildman–Crippen LogP) is 4.36. The topological polar surface area (TPSA) is 26.3 Å². The molecule has 20 heavy (non-hydrogen) atoms. The molecular weight excluding hydrogens is 272 g/mol. The first-order valence-electron chi connectivity index (χ1n) is 6.49. The molecule has 0 aliphatic heterocycles. The van der Waals surface area contributed by atoms with Crippen LogP contribution in [0.15, 0.2) is 42.5 Å². The van der Waals surface area contributed by atoms with E-state index in [9.17, 15) is 4.79 Å². The third kappa shape index (κ3) is 3.69. The summed E-state index contributed by atoms with van der Waals surface area (Å²) in [6, 6.07) is 13.3. The van der Waals surface area contributed by atoms with Crippen LogP contribution in [0.4, 0.5) is 0 Å². The summed E-state index contributed by atoms with van der Waals surface area (Å²) in [6.45, 7) is 4.31. The molecule has 2 aromatic rings. The van der Waals surface area contributed by atoms with Crippen molar-refractivity contribution in [2.24, 2.45) is 0 Å². The van der Waals surface area contributed by atoms with Gasteiger partial charge in [0.25, 0.3) is 0 Å². The Balaban J connectivity index is 1.96. The third-order valence-corrected chi connectivity index (χ3v) is 3.51. The minimum absolute atomic E-state index is 0.00162. The van der Waals surface area contributed by atoms with Gasteiger partial charge < -0.3 is 4.74 Å². The van der Waals surface area contributed by atoms with Gasteiger partial charge in [-0.2, -0.15) is 0 Å². The number of carbonyl (C=O) groups is 1. The Bertz CT molecular complexity index is 620. The molecule has 0 amide bonds. The fraction of sp³-hybridized carbons (Fsp3) is 0.235. The fourth-order valence-corrected chi connectivity index (χ4v) is 2.17. The van der Waals surface area contributed by atoms with Gasteiger partial charge in [0.2, 0.25) is 0 Å². The highest BCUT2D eigenvalue weighted by molar-refractivity contribution is 6.31. The lowest BCUT2D eigenvalue weighted by molar-refractivity contribution is 0.0726. The zero-order valence-corrected chi connectivity index (χ0v) is 12.4. The van der Waals surface area contributed by atoms with E-state index in [-0.39, 0.29) is 12.4 Å². The van der Waals surface area contributed by atoms with Crippen LogP contribution in [0.1, 0.15) is 27.0 Å². The molecule has 2 rings (SSSR count). The van der Waals surface area contributed by atoms with E-state index in [0.717, 1.165) is 22.3 Å². The van der Waals surface area contributed by atoms with Crippen LogP contribution in [0.5, 0.6) is 0 Å². The molecule has 0 unspecified atom stereocenters. The Hall–Kier alpha value is -1.64. The quantitative estimate of drug-likeness (QED) is 0.764. The van der Waals surface area contributed by atoms with E-state index in [0.29, 0.717) is 11.6 Å². The first-order chi connectivity index (χ1) is 9.58. The Morgan fingerprint density at radius 3 is 2.65 bits per heavy atom. The summed E-state index contributed by atoms with van der Waals surface area (Å²) in [7, 11) is 0. The number of benzene rings is 2. The molecule has 0 heterocycles. The molecule has 0 aliphatic carbocycles. The Labute approximate surface area is 124 Å². The molecule has 104 valence electrons. The van der Waals surface area contributed by atoms with Gasteiger partial charge in [0.15, 0.2) is 5.78 Å². The van der Waals surface area contributed by atoms with Gasteiger partial charge in [0.1, 0.15) is 6.61 Å². The van der Waals surface area contributed by atoms with Crippen molar-refractivity contribution >= 4 is 17.4 Å². The zero-order chi connectivity index (χ0) is 14.5. The smallest absolute Gasteiger partial charge is 0.188 e. The Morgan fingerprint density at radius 2 is 1.90 bits per heavy atom. The predicted molar refractivity (Wildman–Crippen MR) is 81.4 cm³/mol. The zero-order valence-electron chi connectivity index (χ0n) is 11.7. The summed E-state index contributed by atoms with van der Waals surface area (Å²) in [6.07, 6.45) is 0. The third-order valence-electron chi connectivity index (χ3n) is 3.14. The van der Waals surface area contributed by atoms with E-state index in [4.69, 9.17) is 16.3 Å². The van der Waals surface area contributed by atoms with Crippen molar-refractivity contribution < 1.29 is 9.53 Å². The maximum absolute atomic E-state index is 12.1. The molecule has 0 saturated heterocycles. The SMILES string of the molecule is Cc1ccc(C)c(C(=O)COCc2ccccc2Cl)c1. The molecule has 0 radical (unpaired) electrons. The largest absolute Gasteiger partial charge is 0.369 e. The van der Waals surface area contributed by atoms with Crippen LogP contribution >= 0.6 is 11.6 Å². The van der Waals surface area contributed by atoms with Gasteiger partial charge >= 0.3 is 0 Å². The summed E-state index contributed by atoms with van der Waals surface area (Å²) < 4.78 is 5.48. The van der Waals surface area contributed by atoms with Crippen LogP contribution in [0, 0.1) is 13.8 Å². The van der Waals surface area contributed by atoms with Gasteiger partial charge in [0, 0.05) is 10.6 Å². The molecule has 0 spiro atoms. The second kappa shape index (κ2) is 6.69. The van der Waals surface area contributed by atoms with Gasteiger partial charge in [-0.15, -0.1) is 0 Å². The lowest BCUT2D eigenvalue weighted by atomic mass is 10.0. The molecule has 2 aromatic carbocycles. The molecule has 3 heteroatoms. The molecular formula is C17H17ClO2. The highest BCUT2D eigenvalue weighted by Gasteiger charge is 2.10. The number of carbonyl (C=O) groups excluding carboxylic acids is 1. The van der Waals surface area contributed by atoms with Crippen molar-refractivity contribution in [2.45, 2.75) is 20.5 Å². The second-order valence-electron chi connectivity index (χ2n) is 4.83. The number of Topliss-reactive ketones (excluding diaryl/α,β-unsaturated/α-hetero) is 1. The van der Waals surface area contributed by atoms with Crippen molar-refractivity contribution in [1.82, 2.24) is 0 Å². The van der Waals surface area contributed by atoms with Crippen LogP contribution < -0.4 is 0 Å². The minimum atomic E-state index is -0.00162. The van der Waals surface area contributed by atoms with Crippen LogP contribution in [0.2, 0.25) is 5.02 Å². The summed E-state index contributed by atoms with van der Waals surface area (Å²) in [5.41, 5.74) is 3.67. The van der Waals surface area contributed by atoms with Gasteiger partial charge in [-0.3, -0.25) is 4.79 Å². The first-order valence-corrected chi connectivity index (χ1v) is 6.87. The number of aryl methyl sites for hydroxylation is 2. The number of ether oxygens (including phenoxy) is 1. The Kier molecular flexibility index (Phi) is 4.94. The van der Waals surface area contributed by atoms with Crippen molar-refractivity contribution in [2.75, 3.05) is 6.61 Å². The van der Waals surface area contributed by atoms with Crippen molar-refractivity contribution in [3.05, 3.63) is 69.7 Å². The number of hydrogen-bond donors (Lipinski definition) is 0. The number of rotatable bonds is 5.